The fourth-order valence-corrected chi connectivity index (χ4v) is 5.44. The van der Waals surface area contributed by atoms with E-state index in [9.17, 15) is 13.2 Å². The molecule has 1 aromatic rings. The molecule has 1 aliphatic carbocycles. The zero-order valence-corrected chi connectivity index (χ0v) is 19.2. The van der Waals surface area contributed by atoms with E-state index >= 15 is 0 Å². The lowest BCUT2D eigenvalue weighted by Crippen LogP contribution is -2.54. The molecule has 1 atom stereocenters. The minimum Gasteiger partial charge on any atom is -0.404 e. The summed E-state index contributed by atoms with van der Waals surface area (Å²) in [6.45, 7) is 2.89. The van der Waals surface area contributed by atoms with Crippen molar-refractivity contribution >= 4 is 33.8 Å². The Morgan fingerprint density at radius 1 is 1.44 bits per heavy atom. The highest BCUT2D eigenvalue weighted by molar-refractivity contribution is 7.89. The van der Waals surface area contributed by atoms with Crippen LogP contribution in [-0.2, 0) is 14.8 Å². The second kappa shape index (κ2) is 8.30. The quantitative estimate of drug-likeness (QED) is 0.550. The molecule has 3 aliphatic rings. The van der Waals surface area contributed by atoms with Gasteiger partial charge in [0.1, 0.15) is 0 Å². The topological polar surface area (TPSA) is 130 Å². The van der Waals surface area contributed by atoms with Crippen LogP contribution in [0.25, 0.3) is 0 Å². The molecule has 2 aliphatic heterocycles. The van der Waals surface area contributed by atoms with Gasteiger partial charge >= 0.3 is 0 Å². The number of nitrogens with one attached hydrogen (secondary N) is 1. The highest BCUT2D eigenvalue weighted by Crippen LogP contribution is 2.38. The van der Waals surface area contributed by atoms with Gasteiger partial charge in [0, 0.05) is 37.7 Å². The third-order valence-corrected chi connectivity index (χ3v) is 7.50. The van der Waals surface area contributed by atoms with Crippen molar-refractivity contribution in [1.82, 2.24) is 9.62 Å². The molecule has 4 rings (SSSR count). The van der Waals surface area contributed by atoms with Crippen LogP contribution < -0.4 is 15.4 Å². The number of sulfonamides is 1. The second-order valence-corrected chi connectivity index (χ2v) is 10.2. The van der Waals surface area contributed by atoms with Gasteiger partial charge < -0.3 is 15.4 Å². The molecule has 2 heterocycles. The normalized spacial score (nSPS) is 22.2. The van der Waals surface area contributed by atoms with Gasteiger partial charge in [-0.15, -0.1) is 0 Å². The summed E-state index contributed by atoms with van der Waals surface area (Å²) in [5.74, 6) is 0.152. The van der Waals surface area contributed by atoms with Gasteiger partial charge in [0.15, 0.2) is 0 Å². The van der Waals surface area contributed by atoms with Crippen molar-refractivity contribution in [1.29, 1.82) is 0 Å². The molecule has 1 amide bonds. The summed E-state index contributed by atoms with van der Waals surface area (Å²) in [4.78, 5) is 25.6. The van der Waals surface area contributed by atoms with Gasteiger partial charge in [-0.25, -0.2) is 18.1 Å². The van der Waals surface area contributed by atoms with Crippen LogP contribution in [0.1, 0.15) is 30.1 Å². The van der Waals surface area contributed by atoms with E-state index in [4.69, 9.17) is 10.5 Å². The number of hydrogen-bond acceptors (Lipinski definition) is 8. The Bertz CT molecular complexity index is 1120. The molecule has 0 radical (unpaired) electrons. The molecular weight excluding hydrogens is 432 g/mol. The first kappa shape index (κ1) is 22.4. The zero-order valence-electron chi connectivity index (χ0n) is 18.4. The molecule has 172 valence electrons. The predicted molar refractivity (Wildman–Crippen MR) is 123 cm³/mol. The fourth-order valence-electron chi connectivity index (χ4n) is 3.95. The first-order chi connectivity index (χ1) is 15.2. The van der Waals surface area contributed by atoms with Crippen LogP contribution >= 0.6 is 0 Å². The lowest BCUT2D eigenvalue weighted by atomic mass is 10.1. The Kier molecular flexibility index (Phi) is 5.82. The summed E-state index contributed by atoms with van der Waals surface area (Å²) in [5.41, 5.74) is 6.85. The molecule has 0 aromatic heterocycles. The Labute approximate surface area is 187 Å². The molecule has 1 saturated carbocycles. The molecule has 0 saturated heterocycles. The van der Waals surface area contributed by atoms with Crippen molar-refractivity contribution in [2.75, 3.05) is 38.8 Å². The lowest BCUT2D eigenvalue weighted by Gasteiger charge is -2.38. The molecule has 0 unspecified atom stereocenters. The van der Waals surface area contributed by atoms with Crippen molar-refractivity contribution in [3.8, 4) is 0 Å². The van der Waals surface area contributed by atoms with Crippen LogP contribution in [0.4, 0.5) is 5.69 Å². The zero-order chi connectivity index (χ0) is 23.1. The monoisotopic (exact) mass is 460 g/mol. The summed E-state index contributed by atoms with van der Waals surface area (Å²) in [7, 11) is -0.529. The number of amides is 1. The van der Waals surface area contributed by atoms with E-state index < -0.39 is 15.6 Å². The number of ether oxygens (including phenoxy) is 1. The molecule has 10 nitrogen and oxygen atoms in total. The molecule has 32 heavy (non-hydrogen) atoms. The van der Waals surface area contributed by atoms with E-state index in [-0.39, 0.29) is 23.4 Å². The Morgan fingerprint density at radius 3 is 2.81 bits per heavy atom. The number of nitrogens with two attached hydrogens (primary N) is 1. The maximum absolute atomic E-state index is 13.5. The summed E-state index contributed by atoms with van der Waals surface area (Å²) in [6, 6.07) is 4.54. The Balaban J connectivity index is 1.77. The standard InChI is InChI=1S/C21H28N6O4S/c1-21(6-7-21)25-32(29,30)16-4-5-18-17(8-16)19(28)26(12-14(9-22)10-23-2)20-24-11-15(13-31-3)27(18)20/h4-5,8-10,15,25H,6-7,11-13,22H2,1-3H3/t15-/m0/s1. The highest BCUT2D eigenvalue weighted by atomic mass is 32.2. The van der Waals surface area contributed by atoms with Gasteiger partial charge in [-0.1, -0.05) is 0 Å². The SMILES string of the molecule is CN=CC(=CN)CN1C(=O)c2cc(S(=O)(=O)NC3(C)CC3)ccc2N2C1=NC[C@H]2COC. The number of anilines is 1. The molecule has 11 heteroatoms. The number of hydrogen-bond donors (Lipinski definition) is 2. The number of methoxy groups -OCH3 is 1. The van der Waals surface area contributed by atoms with E-state index in [2.05, 4.69) is 14.7 Å². The second-order valence-electron chi connectivity index (χ2n) is 8.49. The third kappa shape index (κ3) is 4.03. The van der Waals surface area contributed by atoms with Gasteiger partial charge in [-0.05, 0) is 38.0 Å². The minimum atomic E-state index is -3.76. The number of benzene rings is 1. The van der Waals surface area contributed by atoms with Gasteiger partial charge in [0.2, 0.25) is 16.0 Å². The fraction of sp³-hybridized carbons (Fsp3) is 0.476. The molecular formula is C21H28N6O4S. The highest BCUT2D eigenvalue weighted by Gasteiger charge is 2.44. The van der Waals surface area contributed by atoms with Gasteiger partial charge in [0.05, 0.1) is 41.9 Å². The van der Waals surface area contributed by atoms with Gasteiger partial charge in [-0.3, -0.25) is 14.7 Å². The number of fused-ring (bicyclic) bond motifs is 3. The summed E-state index contributed by atoms with van der Waals surface area (Å²) in [6.07, 6.45) is 4.56. The summed E-state index contributed by atoms with van der Waals surface area (Å²) < 4.78 is 34.0. The van der Waals surface area contributed by atoms with E-state index in [1.807, 2.05) is 11.8 Å². The van der Waals surface area contributed by atoms with Crippen LogP contribution in [0.3, 0.4) is 0 Å². The summed E-state index contributed by atoms with van der Waals surface area (Å²) >= 11 is 0. The van der Waals surface area contributed by atoms with E-state index in [0.29, 0.717) is 35.9 Å². The van der Waals surface area contributed by atoms with Crippen molar-refractivity contribution < 1.29 is 17.9 Å². The molecule has 0 bridgehead atoms. The molecule has 1 aromatic carbocycles. The van der Waals surface area contributed by atoms with Gasteiger partial charge in [0.25, 0.3) is 5.91 Å². The molecule has 3 N–H and O–H groups in total. The van der Waals surface area contributed by atoms with Crippen LogP contribution in [-0.4, -0.2) is 76.8 Å². The third-order valence-electron chi connectivity index (χ3n) is 5.87. The van der Waals surface area contributed by atoms with Crippen molar-refractivity contribution in [2.45, 2.75) is 36.2 Å². The van der Waals surface area contributed by atoms with E-state index in [1.54, 1.807) is 26.4 Å². The number of nitrogens with zero attached hydrogens (tertiary/aromatic N) is 4. The van der Waals surface area contributed by atoms with Crippen LogP contribution in [0.2, 0.25) is 0 Å². The maximum atomic E-state index is 13.5. The van der Waals surface area contributed by atoms with Crippen molar-refractivity contribution in [3.05, 3.63) is 35.5 Å². The number of rotatable bonds is 8. The Morgan fingerprint density at radius 2 is 2.19 bits per heavy atom. The van der Waals surface area contributed by atoms with Crippen LogP contribution in [0.15, 0.2) is 44.9 Å². The van der Waals surface area contributed by atoms with E-state index in [0.717, 1.165) is 12.8 Å². The van der Waals surface area contributed by atoms with Crippen LogP contribution in [0.5, 0.6) is 0 Å². The smallest absolute Gasteiger partial charge is 0.263 e. The van der Waals surface area contributed by atoms with E-state index in [1.165, 1.54) is 23.2 Å². The number of carbonyl (C=O) groups excluding carboxylic acids is 1. The maximum Gasteiger partial charge on any atom is 0.263 e. The number of aliphatic imine (C=N–C) groups is 2. The van der Waals surface area contributed by atoms with Crippen LogP contribution in [0, 0.1) is 0 Å². The molecule has 1 fully saturated rings. The lowest BCUT2D eigenvalue weighted by molar-refractivity contribution is 0.0849. The number of carbonyl (C=O) groups is 1. The first-order valence-corrected chi connectivity index (χ1v) is 11.9. The Hall–Kier alpha value is -2.76. The van der Waals surface area contributed by atoms with Crippen molar-refractivity contribution in [2.24, 2.45) is 15.7 Å². The minimum absolute atomic E-state index is 0.0604. The number of guanidine groups is 1. The summed E-state index contributed by atoms with van der Waals surface area (Å²) in [5, 5.41) is 0. The largest absolute Gasteiger partial charge is 0.404 e. The van der Waals surface area contributed by atoms with Gasteiger partial charge in [-0.2, -0.15) is 0 Å². The molecule has 0 spiro atoms. The van der Waals surface area contributed by atoms with Crippen molar-refractivity contribution in [3.63, 3.8) is 0 Å². The predicted octanol–water partition coefficient (Wildman–Crippen LogP) is 0.707. The first-order valence-electron chi connectivity index (χ1n) is 10.4. The average Bonchev–Trinajstić information content (AvgIpc) is 3.32. The average molecular weight is 461 g/mol.